The van der Waals surface area contributed by atoms with Crippen molar-refractivity contribution in [1.29, 1.82) is 0 Å². The molecule has 0 aromatic heterocycles. The van der Waals surface area contributed by atoms with Crippen LogP contribution in [-0.2, 0) is 13.2 Å². The van der Waals surface area contributed by atoms with Crippen molar-refractivity contribution in [3.8, 4) is 11.5 Å². The summed E-state index contributed by atoms with van der Waals surface area (Å²) in [7, 11) is 3.43. The lowest BCUT2D eigenvalue weighted by molar-refractivity contribution is 0.284. The van der Waals surface area contributed by atoms with Crippen LogP contribution in [0.2, 0.25) is 0 Å². The molecular formula is C20H27N3O2. The SMILES string of the molecule is CCCNC(=NC)NCc1ccc(OCc2ccccc2)c(OC)c1. The summed E-state index contributed by atoms with van der Waals surface area (Å²) < 4.78 is 11.4. The second kappa shape index (κ2) is 10.2. The first-order chi connectivity index (χ1) is 12.3. The predicted molar refractivity (Wildman–Crippen MR) is 102 cm³/mol. The van der Waals surface area contributed by atoms with Gasteiger partial charge in [-0.2, -0.15) is 0 Å². The lowest BCUT2D eigenvalue weighted by atomic mass is 10.2. The Bertz CT molecular complexity index is 672. The highest BCUT2D eigenvalue weighted by molar-refractivity contribution is 5.79. The number of hydrogen-bond acceptors (Lipinski definition) is 3. The molecule has 0 saturated carbocycles. The highest BCUT2D eigenvalue weighted by Gasteiger charge is 2.07. The van der Waals surface area contributed by atoms with Crippen LogP contribution in [0, 0.1) is 0 Å². The fourth-order valence-electron chi connectivity index (χ4n) is 2.33. The number of guanidine groups is 1. The molecule has 0 aliphatic carbocycles. The molecule has 2 aromatic carbocycles. The van der Waals surface area contributed by atoms with E-state index in [2.05, 4.69) is 22.5 Å². The van der Waals surface area contributed by atoms with Crippen molar-refractivity contribution in [3.05, 3.63) is 59.7 Å². The Hall–Kier alpha value is -2.69. The Balaban J connectivity index is 1.96. The van der Waals surface area contributed by atoms with Crippen LogP contribution in [0.3, 0.4) is 0 Å². The second-order valence-corrected chi connectivity index (χ2v) is 5.61. The molecule has 5 heteroatoms. The van der Waals surface area contributed by atoms with Crippen molar-refractivity contribution in [2.24, 2.45) is 4.99 Å². The van der Waals surface area contributed by atoms with Crippen molar-refractivity contribution in [2.75, 3.05) is 20.7 Å². The van der Waals surface area contributed by atoms with Crippen molar-refractivity contribution >= 4 is 5.96 Å². The minimum atomic E-state index is 0.516. The first kappa shape index (κ1) is 18.6. The summed E-state index contributed by atoms with van der Waals surface area (Å²) in [6.07, 6.45) is 1.06. The lowest BCUT2D eigenvalue weighted by Gasteiger charge is -2.14. The van der Waals surface area contributed by atoms with E-state index < -0.39 is 0 Å². The van der Waals surface area contributed by atoms with Gasteiger partial charge in [-0.05, 0) is 29.7 Å². The van der Waals surface area contributed by atoms with Gasteiger partial charge >= 0.3 is 0 Å². The van der Waals surface area contributed by atoms with Crippen molar-refractivity contribution in [2.45, 2.75) is 26.5 Å². The minimum Gasteiger partial charge on any atom is -0.493 e. The van der Waals surface area contributed by atoms with Crippen molar-refractivity contribution in [1.82, 2.24) is 10.6 Å². The van der Waals surface area contributed by atoms with Gasteiger partial charge in [0.1, 0.15) is 6.61 Å². The number of hydrogen-bond donors (Lipinski definition) is 2. The third-order valence-corrected chi connectivity index (χ3v) is 3.69. The predicted octanol–water partition coefficient (Wildman–Crippen LogP) is 3.35. The Morgan fingerprint density at radius 1 is 1.00 bits per heavy atom. The van der Waals surface area contributed by atoms with E-state index in [0.29, 0.717) is 13.2 Å². The molecule has 0 bridgehead atoms. The van der Waals surface area contributed by atoms with Gasteiger partial charge in [0, 0.05) is 20.1 Å². The topological polar surface area (TPSA) is 54.9 Å². The smallest absolute Gasteiger partial charge is 0.191 e. The first-order valence-electron chi connectivity index (χ1n) is 8.55. The maximum atomic E-state index is 5.89. The van der Waals surface area contributed by atoms with Gasteiger partial charge in [0.25, 0.3) is 0 Å². The molecule has 0 atom stereocenters. The summed E-state index contributed by atoms with van der Waals surface area (Å²) in [5, 5.41) is 6.54. The second-order valence-electron chi connectivity index (χ2n) is 5.61. The highest BCUT2D eigenvalue weighted by atomic mass is 16.5. The Morgan fingerprint density at radius 3 is 2.48 bits per heavy atom. The molecule has 2 aromatic rings. The van der Waals surface area contributed by atoms with E-state index in [0.717, 1.165) is 41.6 Å². The molecule has 134 valence electrons. The van der Waals surface area contributed by atoms with Crippen molar-refractivity contribution in [3.63, 3.8) is 0 Å². The molecule has 25 heavy (non-hydrogen) atoms. The van der Waals surface area contributed by atoms with E-state index in [1.165, 1.54) is 0 Å². The Kier molecular flexibility index (Phi) is 7.63. The zero-order valence-electron chi connectivity index (χ0n) is 15.2. The average Bonchev–Trinajstić information content (AvgIpc) is 2.67. The molecule has 0 aliphatic heterocycles. The van der Waals surface area contributed by atoms with E-state index in [9.17, 15) is 0 Å². The van der Waals surface area contributed by atoms with Crippen LogP contribution in [-0.4, -0.2) is 26.7 Å². The molecule has 0 heterocycles. The average molecular weight is 341 g/mol. The molecule has 0 amide bonds. The number of rotatable bonds is 8. The van der Waals surface area contributed by atoms with Gasteiger partial charge in [-0.1, -0.05) is 43.3 Å². The number of benzene rings is 2. The van der Waals surface area contributed by atoms with Gasteiger partial charge in [0.05, 0.1) is 7.11 Å². The van der Waals surface area contributed by atoms with Crippen molar-refractivity contribution < 1.29 is 9.47 Å². The summed E-state index contributed by atoms with van der Waals surface area (Å²) >= 11 is 0. The van der Waals surface area contributed by atoms with E-state index in [1.807, 2.05) is 48.5 Å². The number of methoxy groups -OCH3 is 1. The standard InChI is InChI=1S/C20H27N3O2/c1-4-12-22-20(21-2)23-14-17-10-11-18(19(13-17)24-3)25-15-16-8-6-5-7-9-16/h5-11,13H,4,12,14-15H2,1-3H3,(H2,21,22,23). The molecule has 0 aliphatic rings. The fraction of sp³-hybridized carbons (Fsp3) is 0.350. The monoisotopic (exact) mass is 341 g/mol. The molecular weight excluding hydrogens is 314 g/mol. The summed E-state index contributed by atoms with van der Waals surface area (Å²) in [6.45, 7) is 4.20. The minimum absolute atomic E-state index is 0.516. The zero-order chi connectivity index (χ0) is 17.9. The van der Waals surface area contributed by atoms with Crippen LogP contribution in [0.1, 0.15) is 24.5 Å². The van der Waals surface area contributed by atoms with Gasteiger partial charge < -0.3 is 20.1 Å². The normalized spacial score (nSPS) is 11.1. The third kappa shape index (κ3) is 6.03. The third-order valence-electron chi connectivity index (χ3n) is 3.69. The summed E-state index contributed by atoms with van der Waals surface area (Å²) in [5.74, 6) is 2.26. The van der Waals surface area contributed by atoms with E-state index in [1.54, 1.807) is 14.2 Å². The summed E-state index contributed by atoms with van der Waals surface area (Å²) in [4.78, 5) is 4.20. The molecule has 0 saturated heterocycles. The van der Waals surface area contributed by atoms with Crippen LogP contribution in [0.25, 0.3) is 0 Å². The maximum Gasteiger partial charge on any atom is 0.191 e. The van der Waals surface area contributed by atoms with Crippen LogP contribution >= 0.6 is 0 Å². The maximum absolute atomic E-state index is 5.89. The lowest BCUT2D eigenvalue weighted by Crippen LogP contribution is -2.37. The Labute approximate surface area is 150 Å². The van der Waals surface area contributed by atoms with Crippen LogP contribution < -0.4 is 20.1 Å². The summed E-state index contributed by atoms with van der Waals surface area (Å²) in [5.41, 5.74) is 2.23. The number of nitrogens with one attached hydrogen (secondary N) is 2. The number of aliphatic imine (C=N–C) groups is 1. The quantitative estimate of drug-likeness (QED) is 0.571. The molecule has 2 rings (SSSR count). The first-order valence-corrected chi connectivity index (χ1v) is 8.55. The molecule has 0 spiro atoms. The molecule has 0 radical (unpaired) electrons. The molecule has 2 N–H and O–H groups in total. The van der Waals surface area contributed by atoms with Gasteiger partial charge in [0.2, 0.25) is 0 Å². The van der Waals surface area contributed by atoms with Crippen LogP contribution in [0.15, 0.2) is 53.5 Å². The summed E-state index contributed by atoms with van der Waals surface area (Å²) in [6, 6.07) is 16.0. The van der Waals surface area contributed by atoms with Crippen LogP contribution in [0.4, 0.5) is 0 Å². The molecule has 0 fully saturated rings. The fourth-order valence-corrected chi connectivity index (χ4v) is 2.33. The molecule has 0 unspecified atom stereocenters. The zero-order valence-corrected chi connectivity index (χ0v) is 15.2. The van der Waals surface area contributed by atoms with Gasteiger partial charge in [0.15, 0.2) is 17.5 Å². The van der Waals surface area contributed by atoms with E-state index in [-0.39, 0.29) is 0 Å². The highest BCUT2D eigenvalue weighted by Crippen LogP contribution is 2.28. The van der Waals surface area contributed by atoms with E-state index >= 15 is 0 Å². The number of ether oxygens (including phenoxy) is 2. The van der Waals surface area contributed by atoms with Gasteiger partial charge in [-0.15, -0.1) is 0 Å². The van der Waals surface area contributed by atoms with Gasteiger partial charge in [-0.3, -0.25) is 4.99 Å². The van der Waals surface area contributed by atoms with Crippen LogP contribution in [0.5, 0.6) is 11.5 Å². The van der Waals surface area contributed by atoms with E-state index in [4.69, 9.17) is 9.47 Å². The molecule has 5 nitrogen and oxygen atoms in total. The largest absolute Gasteiger partial charge is 0.493 e. The Morgan fingerprint density at radius 2 is 1.80 bits per heavy atom. The number of nitrogens with zero attached hydrogens (tertiary/aromatic N) is 1. The van der Waals surface area contributed by atoms with Gasteiger partial charge in [-0.25, -0.2) is 0 Å².